The summed E-state index contributed by atoms with van der Waals surface area (Å²) < 4.78 is 0. The molecule has 0 aliphatic rings. The lowest BCUT2D eigenvalue weighted by atomic mass is 9.94. The van der Waals surface area contributed by atoms with Crippen molar-refractivity contribution in [1.82, 2.24) is 10.3 Å². The second kappa shape index (κ2) is 10.1. The predicted octanol–water partition coefficient (Wildman–Crippen LogP) is 5.00. The average molecular weight is 457 g/mol. The number of aromatic nitrogens is 1. The fourth-order valence-electron chi connectivity index (χ4n) is 3.56. The lowest BCUT2D eigenvalue weighted by molar-refractivity contribution is 0.0944. The molecule has 1 heterocycles. The van der Waals surface area contributed by atoms with Gasteiger partial charge < -0.3 is 15.4 Å². The Labute approximate surface area is 191 Å². The van der Waals surface area contributed by atoms with Crippen molar-refractivity contribution in [3.63, 3.8) is 0 Å². The molecule has 0 saturated carbocycles. The molecule has 1 unspecified atom stereocenters. The van der Waals surface area contributed by atoms with Crippen LogP contribution >= 0.6 is 23.8 Å². The quantitative estimate of drug-likeness (QED) is 0.417. The standard InChI is InChI=1S/C24H25ClN2O3S/c1-14(2)6-7-15-4-3-5-19-22(15)17(13-21(28)26-19)12-20(24(30)31)27-23(29)16-8-10-18(25)11-9-16/h3-5,8-11,13-14,20H,6-7,12H2,1-2H3,(H,26,28)(H,27,29)(H,30,31). The highest BCUT2D eigenvalue weighted by Gasteiger charge is 2.21. The fourth-order valence-corrected chi connectivity index (χ4v) is 3.83. The maximum absolute atomic E-state index is 12.6. The molecule has 1 amide bonds. The zero-order valence-electron chi connectivity index (χ0n) is 17.4. The molecule has 0 aliphatic heterocycles. The van der Waals surface area contributed by atoms with Crippen LogP contribution in [-0.2, 0) is 12.8 Å². The van der Waals surface area contributed by atoms with Crippen LogP contribution in [0.1, 0.15) is 41.8 Å². The van der Waals surface area contributed by atoms with Crippen LogP contribution in [0.4, 0.5) is 0 Å². The van der Waals surface area contributed by atoms with Gasteiger partial charge in [0.15, 0.2) is 5.05 Å². The minimum absolute atomic E-state index is 0.202. The topological polar surface area (TPSA) is 82.2 Å². The first-order chi connectivity index (χ1) is 14.7. The first-order valence-corrected chi connectivity index (χ1v) is 11.0. The molecule has 3 N–H and O–H groups in total. The highest BCUT2D eigenvalue weighted by atomic mass is 35.5. The molecule has 7 heteroatoms. The number of benzene rings is 2. The number of thiocarbonyl (C=S) groups is 1. The molecule has 0 bridgehead atoms. The zero-order chi connectivity index (χ0) is 22.5. The number of carbonyl (C=O) groups excluding carboxylic acids is 1. The molecule has 162 valence electrons. The van der Waals surface area contributed by atoms with Crippen LogP contribution in [-0.4, -0.2) is 27.1 Å². The Morgan fingerprint density at radius 3 is 2.52 bits per heavy atom. The van der Waals surface area contributed by atoms with Crippen LogP contribution in [0.15, 0.2) is 53.3 Å². The minimum atomic E-state index is -0.818. The van der Waals surface area contributed by atoms with Crippen molar-refractivity contribution in [2.45, 2.75) is 39.2 Å². The molecule has 1 aromatic heterocycles. The van der Waals surface area contributed by atoms with Crippen molar-refractivity contribution in [2.75, 3.05) is 0 Å². The van der Waals surface area contributed by atoms with Crippen LogP contribution in [0.5, 0.6) is 0 Å². The molecule has 3 rings (SSSR count). The molecule has 0 fully saturated rings. The van der Waals surface area contributed by atoms with Gasteiger partial charge in [0.25, 0.3) is 5.91 Å². The Morgan fingerprint density at radius 2 is 1.87 bits per heavy atom. The SMILES string of the molecule is CC(C)CCc1cccc2[nH]c(=O)cc(CC(NC(=O)c3ccc(Cl)cc3)C(O)=S)c12. The van der Waals surface area contributed by atoms with E-state index in [0.717, 1.165) is 34.9 Å². The molecule has 0 saturated heterocycles. The van der Waals surface area contributed by atoms with Gasteiger partial charge in [0, 0.05) is 34.0 Å². The van der Waals surface area contributed by atoms with E-state index in [4.69, 9.17) is 23.8 Å². The van der Waals surface area contributed by atoms with Gasteiger partial charge in [-0.05, 0) is 72.4 Å². The van der Waals surface area contributed by atoms with Crippen molar-refractivity contribution < 1.29 is 9.90 Å². The molecule has 3 aromatic rings. The van der Waals surface area contributed by atoms with E-state index in [1.54, 1.807) is 24.3 Å². The molecule has 5 nitrogen and oxygen atoms in total. The number of aromatic amines is 1. The number of aliphatic hydroxyl groups is 1. The highest BCUT2D eigenvalue weighted by Crippen LogP contribution is 2.24. The van der Waals surface area contributed by atoms with Crippen molar-refractivity contribution in [3.05, 3.63) is 80.6 Å². The van der Waals surface area contributed by atoms with E-state index in [1.165, 1.54) is 6.07 Å². The van der Waals surface area contributed by atoms with Crippen molar-refractivity contribution in [2.24, 2.45) is 5.92 Å². The normalized spacial score (nSPS) is 12.1. The lowest BCUT2D eigenvalue weighted by Crippen LogP contribution is -2.41. The summed E-state index contributed by atoms with van der Waals surface area (Å²) in [6.07, 6.45) is 2.07. The van der Waals surface area contributed by atoms with Gasteiger partial charge in [-0.1, -0.05) is 37.6 Å². The maximum Gasteiger partial charge on any atom is 0.251 e. The van der Waals surface area contributed by atoms with Crippen LogP contribution in [0.25, 0.3) is 10.9 Å². The number of amides is 1. The van der Waals surface area contributed by atoms with E-state index >= 15 is 0 Å². The minimum Gasteiger partial charge on any atom is -0.500 e. The van der Waals surface area contributed by atoms with E-state index in [1.807, 2.05) is 18.2 Å². The largest absolute Gasteiger partial charge is 0.500 e. The summed E-state index contributed by atoms with van der Waals surface area (Å²) in [5.41, 5.74) is 2.74. The molecular weight excluding hydrogens is 432 g/mol. The highest BCUT2D eigenvalue weighted by molar-refractivity contribution is 7.80. The summed E-state index contributed by atoms with van der Waals surface area (Å²) in [6.45, 7) is 4.33. The Kier molecular flexibility index (Phi) is 7.46. The van der Waals surface area contributed by atoms with Crippen LogP contribution in [0.2, 0.25) is 5.02 Å². The summed E-state index contributed by atoms with van der Waals surface area (Å²) in [5.74, 6) is 0.158. The number of hydrogen-bond donors (Lipinski definition) is 3. The van der Waals surface area contributed by atoms with Gasteiger partial charge in [0.1, 0.15) is 6.04 Å². The van der Waals surface area contributed by atoms with Crippen LogP contribution in [0.3, 0.4) is 0 Å². The Bertz CT molecular complexity index is 1160. The van der Waals surface area contributed by atoms with Gasteiger partial charge in [-0.3, -0.25) is 9.59 Å². The number of nitrogens with one attached hydrogen (secondary N) is 2. The number of halogens is 1. The smallest absolute Gasteiger partial charge is 0.251 e. The number of aliphatic hydroxyl groups excluding tert-OH is 1. The summed E-state index contributed by atoms with van der Waals surface area (Å²) in [6, 6.07) is 13.0. The number of pyridine rings is 1. The molecular formula is C24H25ClN2O3S. The van der Waals surface area contributed by atoms with Crippen molar-refractivity contribution >= 4 is 45.7 Å². The summed E-state index contributed by atoms with van der Waals surface area (Å²) in [5, 5.41) is 14.0. The molecule has 0 spiro atoms. The van der Waals surface area contributed by atoms with Gasteiger partial charge >= 0.3 is 0 Å². The molecule has 0 aliphatic carbocycles. The monoisotopic (exact) mass is 456 g/mol. The fraction of sp³-hybridized carbons (Fsp3) is 0.292. The zero-order valence-corrected chi connectivity index (χ0v) is 19.0. The Morgan fingerprint density at radius 1 is 1.16 bits per heavy atom. The molecule has 2 aromatic carbocycles. The van der Waals surface area contributed by atoms with Gasteiger partial charge in [-0.25, -0.2) is 0 Å². The van der Waals surface area contributed by atoms with Crippen LogP contribution in [0, 0.1) is 5.92 Å². The third-order valence-electron chi connectivity index (χ3n) is 5.16. The number of carbonyl (C=O) groups is 1. The number of fused-ring (bicyclic) bond motifs is 1. The Balaban J connectivity index is 1.94. The second-order valence-electron chi connectivity index (χ2n) is 8.01. The molecule has 1 atom stereocenters. The lowest BCUT2D eigenvalue weighted by Gasteiger charge is -2.19. The summed E-state index contributed by atoms with van der Waals surface area (Å²) in [7, 11) is 0. The third-order valence-corrected chi connectivity index (χ3v) is 5.70. The Hall–Kier alpha value is -2.70. The van der Waals surface area contributed by atoms with E-state index in [9.17, 15) is 14.7 Å². The number of H-pyrrole nitrogens is 1. The van der Waals surface area contributed by atoms with Gasteiger partial charge in [0.2, 0.25) is 5.56 Å². The molecule has 0 radical (unpaired) electrons. The van der Waals surface area contributed by atoms with Crippen molar-refractivity contribution in [1.29, 1.82) is 0 Å². The van der Waals surface area contributed by atoms with E-state index in [-0.39, 0.29) is 22.9 Å². The number of hydrogen-bond acceptors (Lipinski definition) is 3. The first kappa shape index (κ1) is 23.0. The van der Waals surface area contributed by atoms with Gasteiger partial charge in [-0.2, -0.15) is 0 Å². The first-order valence-electron chi connectivity index (χ1n) is 10.2. The van der Waals surface area contributed by atoms with E-state index < -0.39 is 6.04 Å². The third kappa shape index (κ3) is 5.93. The average Bonchev–Trinajstić information content (AvgIpc) is 2.71. The van der Waals surface area contributed by atoms with Crippen molar-refractivity contribution in [3.8, 4) is 0 Å². The number of aryl methyl sites for hydroxylation is 1. The number of rotatable bonds is 8. The summed E-state index contributed by atoms with van der Waals surface area (Å²) in [4.78, 5) is 27.8. The van der Waals surface area contributed by atoms with Gasteiger partial charge in [0.05, 0.1) is 0 Å². The van der Waals surface area contributed by atoms with E-state index in [2.05, 4.69) is 24.1 Å². The predicted molar refractivity (Wildman–Crippen MR) is 129 cm³/mol. The van der Waals surface area contributed by atoms with E-state index in [0.29, 0.717) is 16.5 Å². The van der Waals surface area contributed by atoms with Crippen LogP contribution < -0.4 is 10.9 Å². The maximum atomic E-state index is 12.6. The second-order valence-corrected chi connectivity index (χ2v) is 8.86. The summed E-state index contributed by atoms with van der Waals surface area (Å²) >= 11 is 10.9. The van der Waals surface area contributed by atoms with Gasteiger partial charge in [-0.15, -0.1) is 0 Å². The molecule has 31 heavy (non-hydrogen) atoms.